The van der Waals surface area contributed by atoms with E-state index in [2.05, 4.69) is 5.32 Å². The fourth-order valence-corrected chi connectivity index (χ4v) is 1.76. The summed E-state index contributed by atoms with van der Waals surface area (Å²) in [6.45, 7) is 0.426. The van der Waals surface area contributed by atoms with Crippen LogP contribution in [-0.2, 0) is 0 Å². The van der Waals surface area contributed by atoms with E-state index in [0.717, 1.165) is 18.9 Å². The lowest BCUT2D eigenvalue weighted by Gasteiger charge is -2.12. The molecule has 1 aromatic rings. The molecule has 2 rings (SSSR count). The molecule has 0 radical (unpaired) electrons. The van der Waals surface area contributed by atoms with E-state index in [0.29, 0.717) is 12.5 Å². The first-order chi connectivity index (χ1) is 8.09. The van der Waals surface area contributed by atoms with Crippen molar-refractivity contribution in [3.05, 3.63) is 34.1 Å². The first-order valence-corrected chi connectivity index (χ1v) is 5.52. The maximum Gasteiger partial charge on any atom is 0.327 e. The highest BCUT2D eigenvalue weighted by Crippen LogP contribution is 2.32. The third kappa shape index (κ3) is 2.71. The number of halogens is 1. The molecule has 1 aliphatic carbocycles. The molecule has 0 aromatic heterocycles. The molecule has 5 nitrogen and oxygen atoms in total. The quantitative estimate of drug-likeness (QED) is 0.607. The van der Waals surface area contributed by atoms with Gasteiger partial charge < -0.3 is 11.1 Å². The van der Waals surface area contributed by atoms with Gasteiger partial charge in [-0.25, -0.2) is 0 Å². The smallest absolute Gasteiger partial charge is 0.327 e. The van der Waals surface area contributed by atoms with Crippen molar-refractivity contribution in [2.75, 3.05) is 11.9 Å². The van der Waals surface area contributed by atoms with Crippen LogP contribution < -0.4 is 11.1 Å². The minimum Gasteiger partial charge on any atom is -0.378 e. The van der Waals surface area contributed by atoms with Gasteiger partial charge in [-0.3, -0.25) is 10.1 Å². The number of rotatable bonds is 5. The average molecular weight is 239 g/mol. The van der Waals surface area contributed by atoms with Crippen LogP contribution in [-0.4, -0.2) is 17.5 Å². The highest BCUT2D eigenvalue weighted by molar-refractivity contribution is 5.62. The largest absolute Gasteiger partial charge is 0.378 e. The van der Waals surface area contributed by atoms with Gasteiger partial charge in [0.15, 0.2) is 0 Å². The van der Waals surface area contributed by atoms with Crippen molar-refractivity contribution in [2.45, 2.75) is 18.9 Å². The summed E-state index contributed by atoms with van der Waals surface area (Å²) in [5.74, 6) is -0.338. The minimum absolute atomic E-state index is 0.0297. The number of nitro benzene ring substituents is 1. The van der Waals surface area contributed by atoms with Crippen molar-refractivity contribution < 1.29 is 9.31 Å². The highest BCUT2D eigenvalue weighted by atomic mass is 19.1. The Labute approximate surface area is 98.0 Å². The first kappa shape index (κ1) is 11.8. The number of anilines is 1. The standard InChI is InChI=1S/C11H14FN3O2/c12-8-2-1-3-10(11(8)15(16)17)14-6-9(13)7-4-5-7/h1-3,7,9,14H,4-6,13H2. The molecule has 1 aliphatic rings. The monoisotopic (exact) mass is 239 g/mol. The summed E-state index contributed by atoms with van der Waals surface area (Å²) in [4.78, 5) is 10.0. The Morgan fingerprint density at radius 3 is 2.88 bits per heavy atom. The molecule has 92 valence electrons. The Kier molecular flexibility index (Phi) is 3.23. The maximum atomic E-state index is 13.3. The van der Waals surface area contributed by atoms with E-state index in [1.807, 2.05) is 0 Å². The summed E-state index contributed by atoms with van der Waals surface area (Å²) < 4.78 is 13.3. The number of nitrogens with two attached hydrogens (primary N) is 1. The topological polar surface area (TPSA) is 81.2 Å². The van der Waals surface area contributed by atoms with Crippen molar-refractivity contribution in [3.63, 3.8) is 0 Å². The Balaban J connectivity index is 2.08. The van der Waals surface area contributed by atoms with Gasteiger partial charge >= 0.3 is 5.69 Å². The highest BCUT2D eigenvalue weighted by Gasteiger charge is 2.29. The van der Waals surface area contributed by atoms with E-state index in [-0.39, 0.29) is 11.7 Å². The van der Waals surface area contributed by atoms with Crippen LogP contribution in [0.5, 0.6) is 0 Å². The van der Waals surface area contributed by atoms with Gasteiger partial charge in [0.2, 0.25) is 5.82 Å². The third-order valence-electron chi connectivity index (χ3n) is 2.93. The molecule has 0 bridgehead atoms. The minimum atomic E-state index is -0.833. The van der Waals surface area contributed by atoms with E-state index in [9.17, 15) is 14.5 Å². The van der Waals surface area contributed by atoms with E-state index >= 15 is 0 Å². The van der Waals surface area contributed by atoms with E-state index in [4.69, 9.17) is 5.73 Å². The van der Waals surface area contributed by atoms with E-state index < -0.39 is 16.4 Å². The van der Waals surface area contributed by atoms with Crippen LogP contribution >= 0.6 is 0 Å². The lowest BCUT2D eigenvalue weighted by molar-refractivity contribution is -0.386. The molecule has 1 aromatic carbocycles. The maximum absolute atomic E-state index is 13.3. The van der Waals surface area contributed by atoms with Gasteiger partial charge in [0.1, 0.15) is 5.69 Å². The average Bonchev–Trinajstić information content (AvgIpc) is 3.08. The predicted molar refractivity (Wildman–Crippen MR) is 62.2 cm³/mol. The Bertz CT molecular complexity index is 435. The molecular formula is C11H14FN3O2. The number of para-hydroxylation sites is 1. The molecule has 0 spiro atoms. The number of hydrogen-bond acceptors (Lipinski definition) is 4. The molecule has 1 unspecified atom stereocenters. The van der Waals surface area contributed by atoms with Crippen LogP contribution in [0, 0.1) is 21.8 Å². The van der Waals surface area contributed by atoms with Crippen LogP contribution in [0.2, 0.25) is 0 Å². The fraction of sp³-hybridized carbons (Fsp3) is 0.455. The second-order valence-corrected chi connectivity index (χ2v) is 4.28. The second kappa shape index (κ2) is 4.67. The van der Waals surface area contributed by atoms with Crippen LogP contribution in [0.15, 0.2) is 18.2 Å². The normalized spacial score (nSPS) is 16.6. The zero-order chi connectivity index (χ0) is 12.4. The van der Waals surface area contributed by atoms with Crippen molar-refractivity contribution in [2.24, 2.45) is 11.7 Å². The summed E-state index contributed by atoms with van der Waals surface area (Å²) in [5, 5.41) is 13.6. The molecule has 0 amide bonds. The van der Waals surface area contributed by atoms with Crippen LogP contribution in [0.3, 0.4) is 0 Å². The zero-order valence-electron chi connectivity index (χ0n) is 9.23. The SMILES string of the molecule is NC(CNc1cccc(F)c1[N+](=O)[O-])C1CC1. The summed E-state index contributed by atoms with van der Waals surface area (Å²) >= 11 is 0. The van der Waals surface area contributed by atoms with Gasteiger partial charge in [-0.15, -0.1) is 0 Å². The molecule has 1 fully saturated rings. The number of nitrogens with one attached hydrogen (secondary N) is 1. The summed E-state index contributed by atoms with van der Waals surface area (Å²) in [7, 11) is 0. The lowest BCUT2D eigenvalue weighted by atomic mass is 10.2. The van der Waals surface area contributed by atoms with Gasteiger partial charge in [-0.1, -0.05) is 6.07 Å². The molecule has 0 saturated heterocycles. The number of benzene rings is 1. The number of hydrogen-bond donors (Lipinski definition) is 2. The van der Waals surface area contributed by atoms with Gasteiger partial charge in [0.05, 0.1) is 4.92 Å². The molecule has 0 heterocycles. The van der Waals surface area contributed by atoms with Crippen molar-refractivity contribution in [1.29, 1.82) is 0 Å². The Morgan fingerprint density at radius 2 is 2.29 bits per heavy atom. The molecule has 0 aliphatic heterocycles. The van der Waals surface area contributed by atoms with E-state index in [1.54, 1.807) is 0 Å². The van der Waals surface area contributed by atoms with Gasteiger partial charge in [-0.2, -0.15) is 4.39 Å². The third-order valence-corrected chi connectivity index (χ3v) is 2.93. The van der Waals surface area contributed by atoms with Gasteiger partial charge in [0, 0.05) is 12.6 Å². The van der Waals surface area contributed by atoms with Crippen LogP contribution in [0.1, 0.15) is 12.8 Å². The van der Waals surface area contributed by atoms with Crippen LogP contribution in [0.25, 0.3) is 0 Å². The molecule has 1 atom stereocenters. The Morgan fingerprint density at radius 1 is 1.59 bits per heavy atom. The zero-order valence-corrected chi connectivity index (χ0v) is 9.23. The van der Waals surface area contributed by atoms with Gasteiger partial charge in [-0.05, 0) is 30.9 Å². The van der Waals surface area contributed by atoms with Crippen molar-refractivity contribution >= 4 is 11.4 Å². The molecular weight excluding hydrogens is 225 g/mol. The van der Waals surface area contributed by atoms with Crippen molar-refractivity contribution in [3.8, 4) is 0 Å². The van der Waals surface area contributed by atoms with E-state index in [1.165, 1.54) is 12.1 Å². The first-order valence-electron chi connectivity index (χ1n) is 5.52. The van der Waals surface area contributed by atoms with Gasteiger partial charge in [0.25, 0.3) is 0 Å². The summed E-state index contributed by atoms with van der Waals surface area (Å²) in [6.07, 6.45) is 2.21. The van der Waals surface area contributed by atoms with Crippen LogP contribution in [0.4, 0.5) is 15.8 Å². The number of nitrogens with zero attached hydrogens (tertiary/aromatic N) is 1. The predicted octanol–water partition coefficient (Wildman–Crippen LogP) is 1.88. The molecule has 3 N–H and O–H groups in total. The van der Waals surface area contributed by atoms with Crippen molar-refractivity contribution in [1.82, 2.24) is 0 Å². The molecule has 1 saturated carbocycles. The second-order valence-electron chi connectivity index (χ2n) is 4.28. The Hall–Kier alpha value is -1.69. The summed E-state index contributed by atoms with van der Waals surface area (Å²) in [5.41, 5.74) is 5.53. The lowest BCUT2D eigenvalue weighted by Crippen LogP contribution is -2.31. The fourth-order valence-electron chi connectivity index (χ4n) is 1.76. The molecule has 6 heteroatoms. The number of nitro groups is 1. The molecule has 17 heavy (non-hydrogen) atoms. The summed E-state index contributed by atoms with van der Waals surface area (Å²) in [6, 6.07) is 3.97.